The van der Waals surface area contributed by atoms with Crippen LogP contribution >= 0.6 is 11.6 Å². The Hall–Kier alpha value is -4.95. The van der Waals surface area contributed by atoms with E-state index in [1.165, 1.54) is 10.9 Å². The molecule has 0 saturated heterocycles. The fourth-order valence-electron chi connectivity index (χ4n) is 3.84. The SMILES string of the molecule is Cc1cccc(Oc2cnn(-c3ccc(Cl)cc3)c(=O)c2Nc2ccc(C(=O)NCc3cccnc3)cc2)c1. The third-order valence-corrected chi connectivity index (χ3v) is 6.08. The number of hydrogen-bond acceptors (Lipinski definition) is 6. The van der Waals surface area contributed by atoms with E-state index in [-0.39, 0.29) is 17.3 Å². The van der Waals surface area contributed by atoms with Gasteiger partial charge in [0.05, 0.1) is 11.9 Å². The van der Waals surface area contributed by atoms with E-state index in [4.69, 9.17) is 16.3 Å². The summed E-state index contributed by atoms with van der Waals surface area (Å²) in [7, 11) is 0. The van der Waals surface area contributed by atoms with Crippen LogP contribution in [0.1, 0.15) is 21.5 Å². The van der Waals surface area contributed by atoms with Gasteiger partial charge < -0.3 is 15.4 Å². The molecule has 2 heterocycles. The summed E-state index contributed by atoms with van der Waals surface area (Å²) in [5.74, 6) is 0.612. The summed E-state index contributed by atoms with van der Waals surface area (Å²) in [6, 6.07) is 24.8. The van der Waals surface area contributed by atoms with Crippen molar-refractivity contribution in [3.05, 3.63) is 136 Å². The van der Waals surface area contributed by atoms with Gasteiger partial charge in [0.2, 0.25) is 0 Å². The molecule has 194 valence electrons. The highest BCUT2D eigenvalue weighted by molar-refractivity contribution is 6.30. The first-order valence-electron chi connectivity index (χ1n) is 12.1. The Kier molecular flexibility index (Phi) is 7.65. The number of pyridine rings is 1. The summed E-state index contributed by atoms with van der Waals surface area (Å²) in [4.78, 5) is 30.3. The van der Waals surface area contributed by atoms with Crippen LogP contribution in [0.15, 0.2) is 108 Å². The lowest BCUT2D eigenvalue weighted by molar-refractivity contribution is 0.0951. The second-order valence-corrected chi connectivity index (χ2v) is 9.18. The van der Waals surface area contributed by atoms with Gasteiger partial charge in [0, 0.05) is 35.2 Å². The van der Waals surface area contributed by atoms with Crippen LogP contribution < -0.4 is 20.9 Å². The number of rotatable bonds is 8. The molecule has 2 N–H and O–H groups in total. The highest BCUT2D eigenvalue weighted by Crippen LogP contribution is 2.29. The van der Waals surface area contributed by atoms with Gasteiger partial charge in [-0.25, -0.2) is 0 Å². The van der Waals surface area contributed by atoms with Crippen molar-refractivity contribution in [1.82, 2.24) is 20.1 Å². The molecule has 0 spiro atoms. The fraction of sp³-hybridized carbons (Fsp3) is 0.0667. The molecule has 8 nitrogen and oxygen atoms in total. The topological polar surface area (TPSA) is 98.1 Å². The molecule has 39 heavy (non-hydrogen) atoms. The number of aromatic nitrogens is 3. The van der Waals surface area contributed by atoms with Crippen molar-refractivity contribution in [3.8, 4) is 17.2 Å². The number of nitrogens with zero attached hydrogens (tertiary/aromatic N) is 3. The number of hydrogen-bond donors (Lipinski definition) is 2. The van der Waals surface area contributed by atoms with Crippen LogP contribution in [-0.4, -0.2) is 20.7 Å². The first-order valence-corrected chi connectivity index (χ1v) is 12.5. The number of anilines is 2. The maximum absolute atomic E-state index is 13.6. The van der Waals surface area contributed by atoms with Crippen molar-refractivity contribution in [1.29, 1.82) is 0 Å². The summed E-state index contributed by atoms with van der Waals surface area (Å²) in [5, 5.41) is 10.9. The maximum Gasteiger partial charge on any atom is 0.299 e. The van der Waals surface area contributed by atoms with Gasteiger partial charge in [0.1, 0.15) is 5.75 Å². The molecule has 0 fully saturated rings. The van der Waals surface area contributed by atoms with Crippen LogP contribution in [0.2, 0.25) is 5.02 Å². The number of halogens is 1. The van der Waals surface area contributed by atoms with Gasteiger partial charge >= 0.3 is 0 Å². The van der Waals surface area contributed by atoms with Crippen LogP contribution in [0.5, 0.6) is 11.5 Å². The molecule has 2 aromatic heterocycles. The second-order valence-electron chi connectivity index (χ2n) is 8.74. The van der Waals surface area contributed by atoms with Crippen molar-refractivity contribution in [2.75, 3.05) is 5.32 Å². The molecule has 0 aliphatic carbocycles. The lowest BCUT2D eigenvalue weighted by Gasteiger charge is -2.15. The highest BCUT2D eigenvalue weighted by atomic mass is 35.5. The van der Waals surface area contributed by atoms with Gasteiger partial charge in [-0.05, 0) is 84.8 Å². The molecule has 0 unspecified atom stereocenters. The molecular formula is C30H24ClN5O3. The van der Waals surface area contributed by atoms with E-state index in [2.05, 4.69) is 20.7 Å². The first kappa shape index (κ1) is 25.7. The number of nitrogens with one attached hydrogen (secondary N) is 2. The third kappa shape index (κ3) is 6.31. The lowest BCUT2D eigenvalue weighted by atomic mass is 10.2. The first-order chi connectivity index (χ1) is 19.0. The molecule has 5 aromatic rings. The highest BCUT2D eigenvalue weighted by Gasteiger charge is 2.16. The summed E-state index contributed by atoms with van der Waals surface area (Å²) >= 11 is 6.02. The number of aryl methyl sites for hydroxylation is 1. The monoisotopic (exact) mass is 537 g/mol. The summed E-state index contributed by atoms with van der Waals surface area (Å²) in [5.41, 5.74) is 3.32. The number of ether oxygens (including phenoxy) is 1. The Balaban J connectivity index is 1.42. The fourth-order valence-corrected chi connectivity index (χ4v) is 3.97. The van der Waals surface area contributed by atoms with Crippen LogP contribution in [0.4, 0.5) is 11.4 Å². The largest absolute Gasteiger partial charge is 0.453 e. The second kappa shape index (κ2) is 11.6. The molecular weight excluding hydrogens is 514 g/mol. The molecule has 0 aliphatic heterocycles. The number of benzene rings is 3. The minimum absolute atomic E-state index is 0.190. The smallest absolute Gasteiger partial charge is 0.299 e. The number of carbonyl (C=O) groups excluding carboxylic acids is 1. The molecule has 0 saturated carbocycles. The van der Waals surface area contributed by atoms with Crippen molar-refractivity contribution < 1.29 is 9.53 Å². The Bertz CT molecular complexity index is 1650. The van der Waals surface area contributed by atoms with E-state index >= 15 is 0 Å². The van der Waals surface area contributed by atoms with E-state index in [1.54, 1.807) is 67.0 Å². The summed E-state index contributed by atoms with van der Waals surface area (Å²) < 4.78 is 7.33. The van der Waals surface area contributed by atoms with Crippen LogP contribution in [0.25, 0.3) is 5.69 Å². The molecule has 5 rings (SSSR count). The minimum atomic E-state index is -0.416. The molecule has 0 aliphatic rings. The maximum atomic E-state index is 13.6. The van der Waals surface area contributed by atoms with Crippen LogP contribution in [-0.2, 0) is 6.54 Å². The van der Waals surface area contributed by atoms with E-state index in [9.17, 15) is 9.59 Å². The van der Waals surface area contributed by atoms with Gasteiger partial charge in [-0.2, -0.15) is 9.78 Å². The Morgan fingerprint density at radius 3 is 2.49 bits per heavy atom. The van der Waals surface area contributed by atoms with Crippen molar-refractivity contribution >= 4 is 28.9 Å². The standard InChI is InChI=1S/C30H24ClN5O3/c1-20-4-2-6-26(16-20)39-27-19-34-36(25-13-9-23(31)10-14-25)30(38)28(27)35-24-11-7-22(8-12-24)29(37)33-18-21-5-3-15-32-17-21/h2-17,19,35H,18H2,1H3,(H,33,37). The summed E-state index contributed by atoms with van der Waals surface area (Å²) in [6.07, 6.45) is 4.87. The van der Waals surface area contributed by atoms with E-state index in [1.807, 2.05) is 37.3 Å². The van der Waals surface area contributed by atoms with Crippen LogP contribution in [0, 0.1) is 6.92 Å². The molecule has 3 aromatic carbocycles. The molecule has 1 amide bonds. The van der Waals surface area contributed by atoms with Crippen LogP contribution in [0.3, 0.4) is 0 Å². The number of amides is 1. The predicted octanol–water partition coefficient (Wildman–Crippen LogP) is 6.06. The molecule has 0 radical (unpaired) electrons. The quantitative estimate of drug-likeness (QED) is 0.250. The van der Waals surface area contributed by atoms with Gasteiger partial charge in [-0.15, -0.1) is 0 Å². The average Bonchev–Trinajstić information content (AvgIpc) is 2.95. The van der Waals surface area contributed by atoms with Crippen molar-refractivity contribution in [3.63, 3.8) is 0 Å². The predicted molar refractivity (Wildman–Crippen MR) is 151 cm³/mol. The third-order valence-electron chi connectivity index (χ3n) is 5.82. The Morgan fingerprint density at radius 2 is 1.77 bits per heavy atom. The Morgan fingerprint density at radius 1 is 0.974 bits per heavy atom. The van der Waals surface area contributed by atoms with E-state index in [0.717, 1.165) is 11.1 Å². The van der Waals surface area contributed by atoms with Gasteiger partial charge in [-0.3, -0.25) is 14.6 Å². The van der Waals surface area contributed by atoms with Gasteiger partial charge in [0.25, 0.3) is 11.5 Å². The van der Waals surface area contributed by atoms with Crippen molar-refractivity contribution in [2.24, 2.45) is 0 Å². The molecule has 9 heteroatoms. The van der Waals surface area contributed by atoms with E-state index < -0.39 is 5.56 Å². The van der Waals surface area contributed by atoms with E-state index in [0.29, 0.717) is 34.3 Å². The zero-order valence-corrected chi connectivity index (χ0v) is 21.7. The lowest BCUT2D eigenvalue weighted by Crippen LogP contribution is -2.24. The normalized spacial score (nSPS) is 10.6. The molecule has 0 atom stereocenters. The van der Waals surface area contributed by atoms with Gasteiger partial charge in [-0.1, -0.05) is 29.8 Å². The molecule has 0 bridgehead atoms. The van der Waals surface area contributed by atoms with Crippen molar-refractivity contribution in [2.45, 2.75) is 13.5 Å². The van der Waals surface area contributed by atoms with Gasteiger partial charge in [0.15, 0.2) is 11.4 Å². The Labute approximate surface area is 229 Å². The number of carbonyl (C=O) groups is 1. The zero-order chi connectivity index (χ0) is 27.2. The summed E-state index contributed by atoms with van der Waals surface area (Å²) in [6.45, 7) is 2.32. The zero-order valence-electron chi connectivity index (χ0n) is 21.0. The minimum Gasteiger partial charge on any atom is -0.453 e. The average molecular weight is 538 g/mol.